The summed E-state index contributed by atoms with van der Waals surface area (Å²) < 4.78 is 16.7. The lowest BCUT2D eigenvalue weighted by molar-refractivity contribution is -0.167. The van der Waals surface area contributed by atoms with Gasteiger partial charge in [0.05, 0.1) is 0 Å². The summed E-state index contributed by atoms with van der Waals surface area (Å²) in [6, 6.07) is 0. The predicted molar refractivity (Wildman–Crippen MR) is 256 cm³/mol. The first-order chi connectivity index (χ1) is 29.5. The fourth-order valence-electron chi connectivity index (χ4n) is 7.71. The van der Waals surface area contributed by atoms with Crippen molar-refractivity contribution in [3.63, 3.8) is 0 Å². The van der Waals surface area contributed by atoms with Gasteiger partial charge in [0.15, 0.2) is 6.10 Å². The number of hydrogen-bond donors (Lipinski definition) is 0. The second-order valence-corrected chi connectivity index (χ2v) is 17.8. The van der Waals surface area contributed by atoms with Gasteiger partial charge in [0, 0.05) is 19.3 Å². The minimum Gasteiger partial charge on any atom is -0.462 e. The molecular formula is C54H100O6. The maximum atomic E-state index is 12.7. The predicted octanol–water partition coefficient (Wildman–Crippen LogP) is 17.2. The fourth-order valence-corrected chi connectivity index (χ4v) is 7.71. The van der Waals surface area contributed by atoms with Crippen LogP contribution < -0.4 is 0 Å². The molecule has 1 atom stereocenters. The number of esters is 3. The topological polar surface area (TPSA) is 78.9 Å². The molecule has 6 heteroatoms. The van der Waals surface area contributed by atoms with Crippen molar-refractivity contribution in [2.75, 3.05) is 13.2 Å². The summed E-state index contributed by atoms with van der Waals surface area (Å²) in [6.45, 7) is 6.60. The number of rotatable bonds is 48. The van der Waals surface area contributed by atoms with Crippen molar-refractivity contribution in [1.82, 2.24) is 0 Å². The molecule has 0 aromatic heterocycles. The van der Waals surface area contributed by atoms with Crippen molar-refractivity contribution in [3.8, 4) is 0 Å². The molecule has 0 aromatic rings. The summed E-state index contributed by atoms with van der Waals surface area (Å²) in [5.41, 5.74) is 0. The van der Waals surface area contributed by atoms with E-state index >= 15 is 0 Å². The van der Waals surface area contributed by atoms with E-state index in [9.17, 15) is 14.4 Å². The molecule has 0 bridgehead atoms. The molecule has 0 aliphatic rings. The number of ether oxygens (including phenoxy) is 3. The lowest BCUT2D eigenvalue weighted by Gasteiger charge is -2.18. The number of unbranched alkanes of at least 4 members (excludes halogenated alkanes) is 33. The summed E-state index contributed by atoms with van der Waals surface area (Å²) >= 11 is 0. The van der Waals surface area contributed by atoms with Crippen LogP contribution in [-0.4, -0.2) is 37.2 Å². The van der Waals surface area contributed by atoms with Crippen molar-refractivity contribution in [2.45, 2.75) is 290 Å². The summed E-state index contributed by atoms with van der Waals surface area (Å²) in [4.78, 5) is 37.7. The van der Waals surface area contributed by atoms with Crippen LogP contribution in [0.25, 0.3) is 0 Å². The van der Waals surface area contributed by atoms with Gasteiger partial charge >= 0.3 is 17.9 Å². The summed E-state index contributed by atoms with van der Waals surface area (Å²) in [7, 11) is 0. The van der Waals surface area contributed by atoms with Crippen molar-refractivity contribution in [1.29, 1.82) is 0 Å². The van der Waals surface area contributed by atoms with Gasteiger partial charge in [0.25, 0.3) is 0 Å². The van der Waals surface area contributed by atoms with Crippen LogP contribution in [0.15, 0.2) is 24.3 Å². The summed E-state index contributed by atoms with van der Waals surface area (Å²) in [5.74, 6) is -0.864. The van der Waals surface area contributed by atoms with Gasteiger partial charge in [-0.3, -0.25) is 14.4 Å². The Labute approximate surface area is 373 Å². The first-order valence-electron chi connectivity index (χ1n) is 26.3. The maximum absolute atomic E-state index is 12.7. The molecule has 0 aromatic carbocycles. The number of hydrogen-bond acceptors (Lipinski definition) is 6. The molecule has 0 saturated heterocycles. The first-order valence-corrected chi connectivity index (χ1v) is 26.3. The van der Waals surface area contributed by atoms with E-state index in [2.05, 4.69) is 45.1 Å². The lowest BCUT2D eigenvalue weighted by Crippen LogP contribution is -2.30. The van der Waals surface area contributed by atoms with E-state index in [0.29, 0.717) is 19.3 Å². The SMILES string of the molecule is CCCCCCC/C=C\C/C=C\CCCCCCCCCCCCCCCC(=O)OCC(COC(=O)CCCCCCCCCC)OC(=O)CCCCCCCCCCC. The van der Waals surface area contributed by atoms with Gasteiger partial charge in [0.1, 0.15) is 13.2 Å². The standard InChI is InChI=1S/C54H100O6/c1-4-7-10-13-16-19-20-21-22-23-24-25-26-27-28-29-30-31-32-33-34-36-38-41-44-47-53(56)59-50-51(49-58-52(55)46-43-40-37-18-15-12-9-6-3)60-54(57)48-45-42-39-35-17-14-11-8-5-2/h20-21,23-24,51H,4-19,22,25-50H2,1-3H3/b21-20-,24-23-. The average molecular weight is 845 g/mol. The van der Waals surface area contributed by atoms with E-state index in [1.807, 2.05) is 0 Å². The molecule has 6 nitrogen and oxygen atoms in total. The van der Waals surface area contributed by atoms with E-state index in [-0.39, 0.29) is 31.1 Å². The van der Waals surface area contributed by atoms with Gasteiger partial charge in [-0.05, 0) is 51.4 Å². The van der Waals surface area contributed by atoms with Crippen LogP contribution in [0.1, 0.15) is 284 Å². The van der Waals surface area contributed by atoms with Crippen LogP contribution in [-0.2, 0) is 28.6 Å². The van der Waals surface area contributed by atoms with Crippen molar-refractivity contribution >= 4 is 17.9 Å². The molecule has 0 saturated carbocycles. The second kappa shape index (κ2) is 49.5. The van der Waals surface area contributed by atoms with Gasteiger partial charge in [-0.1, -0.05) is 238 Å². The number of carbonyl (C=O) groups excluding carboxylic acids is 3. The van der Waals surface area contributed by atoms with Gasteiger partial charge in [-0.2, -0.15) is 0 Å². The third-order valence-corrected chi connectivity index (χ3v) is 11.7. The molecule has 0 aliphatic heterocycles. The highest BCUT2D eigenvalue weighted by Gasteiger charge is 2.19. The molecule has 0 rings (SSSR count). The minimum atomic E-state index is -0.762. The van der Waals surface area contributed by atoms with Crippen LogP contribution >= 0.6 is 0 Å². The van der Waals surface area contributed by atoms with Crippen LogP contribution in [0, 0.1) is 0 Å². The highest BCUT2D eigenvalue weighted by atomic mass is 16.6. The molecule has 0 radical (unpaired) electrons. The lowest BCUT2D eigenvalue weighted by atomic mass is 10.0. The zero-order valence-corrected chi connectivity index (χ0v) is 40.2. The van der Waals surface area contributed by atoms with E-state index in [1.165, 1.54) is 180 Å². The highest BCUT2D eigenvalue weighted by molar-refractivity contribution is 5.71. The zero-order valence-electron chi connectivity index (χ0n) is 40.2. The molecular weight excluding hydrogens is 745 g/mol. The van der Waals surface area contributed by atoms with Gasteiger partial charge in [-0.15, -0.1) is 0 Å². The van der Waals surface area contributed by atoms with Gasteiger partial charge < -0.3 is 14.2 Å². The molecule has 0 amide bonds. The first kappa shape index (κ1) is 57.9. The smallest absolute Gasteiger partial charge is 0.306 e. The Morgan fingerprint density at radius 1 is 0.333 bits per heavy atom. The molecule has 1 unspecified atom stereocenters. The Balaban J connectivity index is 4.06. The molecule has 0 N–H and O–H groups in total. The van der Waals surface area contributed by atoms with E-state index in [1.54, 1.807) is 0 Å². The molecule has 0 aliphatic carbocycles. The zero-order chi connectivity index (χ0) is 43.7. The largest absolute Gasteiger partial charge is 0.462 e. The Kier molecular flexibility index (Phi) is 47.8. The normalized spacial score (nSPS) is 12.1. The molecule has 0 heterocycles. The monoisotopic (exact) mass is 845 g/mol. The van der Waals surface area contributed by atoms with E-state index in [4.69, 9.17) is 14.2 Å². The summed E-state index contributed by atoms with van der Waals surface area (Å²) in [6.07, 6.45) is 56.2. The minimum absolute atomic E-state index is 0.0672. The highest BCUT2D eigenvalue weighted by Crippen LogP contribution is 2.16. The third-order valence-electron chi connectivity index (χ3n) is 11.7. The van der Waals surface area contributed by atoms with Crippen LogP contribution in [0.5, 0.6) is 0 Å². The fraction of sp³-hybridized carbons (Fsp3) is 0.870. The molecule has 352 valence electrons. The average Bonchev–Trinajstić information content (AvgIpc) is 3.24. The van der Waals surface area contributed by atoms with E-state index in [0.717, 1.165) is 64.2 Å². The Morgan fingerprint density at radius 3 is 0.917 bits per heavy atom. The van der Waals surface area contributed by atoms with Crippen LogP contribution in [0.2, 0.25) is 0 Å². The van der Waals surface area contributed by atoms with Crippen molar-refractivity contribution in [2.24, 2.45) is 0 Å². The third kappa shape index (κ3) is 46.9. The quantitative estimate of drug-likeness (QED) is 0.0263. The van der Waals surface area contributed by atoms with Crippen molar-refractivity contribution < 1.29 is 28.6 Å². The Morgan fingerprint density at radius 2 is 0.600 bits per heavy atom. The van der Waals surface area contributed by atoms with E-state index < -0.39 is 6.10 Å². The maximum Gasteiger partial charge on any atom is 0.306 e. The Bertz CT molecular complexity index is 973. The van der Waals surface area contributed by atoms with Crippen molar-refractivity contribution in [3.05, 3.63) is 24.3 Å². The number of carbonyl (C=O) groups is 3. The molecule has 0 fully saturated rings. The van der Waals surface area contributed by atoms with Crippen LogP contribution in [0.3, 0.4) is 0 Å². The number of allylic oxidation sites excluding steroid dienone is 4. The van der Waals surface area contributed by atoms with Crippen LogP contribution in [0.4, 0.5) is 0 Å². The second-order valence-electron chi connectivity index (χ2n) is 17.8. The Hall–Kier alpha value is -2.11. The molecule has 60 heavy (non-hydrogen) atoms. The molecule has 0 spiro atoms. The van der Waals surface area contributed by atoms with Gasteiger partial charge in [0.2, 0.25) is 0 Å². The summed E-state index contributed by atoms with van der Waals surface area (Å²) in [5, 5.41) is 0. The van der Waals surface area contributed by atoms with Gasteiger partial charge in [-0.25, -0.2) is 0 Å².